The summed E-state index contributed by atoms with van der Waals surface area (Å²) in [6.45, 7) is 7.09. The Kier molecular flexibility index (Phi) is 5.01. The molecule has 1 saturated heterocycles. The lowest BCUT2D eigenvalue weighted by atomic mass is 9.95. The van der Waals surface area contributed by atoms with E-state index in [0.29, 0.717) is 6.04 Å². The van der Waals surface area contributed by atoms with E-state index in [1.165, 1.54) is 11.3 Å². The third-order valence-electron chi connectivity index (χ3n) is 4.15. The second kappa shape index (κ2) is 6.75. The van der Waals surface area contributed by atoms with Gasteiger partial charge < -0.3 is 16.0 Å². The molecule has 1 amide bonds. The van der Waals surface area contributed by atoms with Crippen molar-refractivity contribution in [1.29, 1.82) is 0 Å². The number of nitrogens with two attached hydrogens (primary N) is 1. The summed E-state index contributed by atoms with van der Waals surface area (Å²) in [4.78, 5) is 13.6. The van der Waals surface area contributed by atoms with Crippen molar-refractivity contribution in [3.05, 3.63) is 29.8 Å². The predicted octanol–water partition coefficient (Wildman–Crippen LogP) is 2.06. The molecule has 1 aromatic rings. The van der Waals surface area contributed by atoms with E-state index in [1.807, 2.05) is 0 Å². The van der Waals surface area contributed by atoms with Gasteiger partial charge in [0.2, 0.25) is 5.91 Å². The summed E-state index contributed by atoms with van der Waals surface area (Å²) in [5.74, 6) is -0.108. The third kappa shape index (κ3) is 3.31. The first-order valence-corrected chi connectivity index (χ1v) is 7.50. The van der Waals surface area contributed by atoms with Crippen LogP contribution < -0.4 is 16.0 Å². The molecule has 3 N–H and O–H groups in total. The summed E-state index contributed by atoms with van der Waals surface area (Å²) >= 11 is 0. The molecule has 4 heteroatoms. The summed E-state index contributed by atoms with van der Waals surface area (Å²) in [5.41, 5.74) is 8.01. The van der Waals surface area contributed by atoms with Crippen LogP contribution >= 0.6 is 0 Å². The van der Waals surface area contributed by atoms with E-state index in [4.69, 9.17) is 5.73 Å². The lowest BCUT2D eigenvalue weighted by Crippen LogP contribution is -2.39. The molecule has 1 atom stereocenters. The molecule has 1 heterocycles. The number of nitrogens with one attached hydrogen (secondary N) is 1. The van der Waals surface area contributed by atoms with E-state index in [-0.39, 0.29) is 11.8 Å². The van der Waals surface area contributed by atoms with Crippen LogP contribution in [0.3, 0.4) is 0 Å². The number of hydrogen-bond donors (Lipinski definition) is 2. The number of primary amides is 1. The second-order valence-electron chi connectivity index (χ2n) is 5.50. The maximum Gasteiger partial charge on any atom is 0.220 e. The molecule has 110 valence electrons. The number of amides is 1. The predicted molar refractivity (Wildman–Crippen MR) is 82.7 cm³/mol. The topological polar surface area (TPSA) is 58.4 Å². The number of hydrogen-bond acceptors (Lipinski definition) is 3. The Bertz CT molecular complexity index is 453. The molecule has 0 aromatic heterocycles. The number of benzene rings is 1. The van der Waals surface area contributed by atoms with Crippen molar-refractivity contribution < 1.29 is 4.79 Å². The van der Waals surface area contributed by atoms with Crippen LogP contribution in [0.25, 0.3) is 0 Å². The molecule has 0 aliphatic carbocycles. The maximum atomic E-state index is 11.3. The zero-order valence-corrected chi connectivity index (χ0v) is 12.4. The maximum absolute atomic E-state index is 11.3. The van der Waals surface area contributed by atoms with E-state index in [1.54, 1.807) is 0 Å². The van der Waals surface area contributed by atoms with Gasteiger partial charge in [0.05, 0.1) is 0 Å². The van der Waals surface area contributed by atoms with Crippen LogP contribution in [0.4, 0.5) is 5.69 Å². The number of carbonyl (C=O) groups is 1. The zero-order chi connectivity index (χ0) is 14.5. The lowest BCUT2D eigenvalue weighted by molar-refractivity contribution is -0.122. The Hall–Kier alpha value is -1.55. The van der Waals surface area contributed by atoms with E-state index in [2.05, 4.69) is 48.3 Å². The molecule has 0 bridgehead atoms. The van der Waals surface area contributed by atoms with Gasteiger partial charge in [-0.3, -0.25) is 4.79 Å². The highest BCUT2D eigenvalue weighted by molar-refractivity contribution is 5.77. The first-order chi connectivity index (χ1) is 9.63. The average Bonchev–Trinajstić information content (AvgIpc) is 2.47. The molecule has 0 saturated carbocycles. The molecule has 20 heavy (non-hydrogen) atoms. The molecule has 1 aliphatic rings. The van der Waals surface area contributed by atoms with Crippen LogP contribution in [-0.4, -0.2) is 25.5 Å². The summed E-state index contributed by atoms with van der Waals surface area (Å²) in [6.07, 6.45) is 1.72. The van der Waals surface area contributed by atoms with E-state index < -0.39 is 0 Å². The van der Waals surface area contributed by atoms with Gasteiger partial charge >= 0.3 is 0 Å². The number of rotatable bonds is 5. The third-order valence-corrected chi connectivity index (χ3v) is 4.15. The van der Waals surface area contributed by atoms with Crippen LogP contribution in [0.1, 0.15) is 38.3 Å². The van der Waals surface area contributed by atoms with Gasteiger partial charge in [-0.05, 0) is 37.9 Å². The Balaban J connectivity index is 2.11. The number of para-hydroxylation sites is 1. The van der Waals surface area contributed by atoms with Gasteiger partial charge in [0.25, 0.3) is 0 Å². The van der Waals surface area contributed by atoms with Crippen LogP contribution in [0.5, 0.6) is 0 Å². The Morgan fingerprint density at radius 3 is 2.65 bits per heavy atom. The van der Waals surface area contributed by atoms with Crippen molar-refractivity contribution >= 4 is 11.6 Å². The van der Waals surface area contributed by atoms with Gasteiger partial charge in [0.1, 0.15) is 0 Å². The minimum absolute atomic E-state index is 0.0459. The molecule has 0 radical (unpaired) electrons. The van der Waals surface area contributed by atoms with Crippen LogP contribution in [0, 0.1) is 5.92 Å². The molecule has 0 spiro atoms. The van der Waals surface area contributed by atoms with Crippen LogP contribution in [0.2, 0.25) is 0 Å². The molecule has 1 aliphatic heterocycles. The lowest BCUT2D eigenvalue weighted by Gasteiger charge is -2.34. The molecule has 1 fully saturated rings. The standard InChI is InChI=1S/C16H25N3O/c1-3-18-12(2)14-6-4-5-7-15(14)19-10-8-13(9-11-19)16(17)20/h4-7,12-13,18H,3,8-11H2,1-2H3,(H2,17,20). The number of nitrogens with zero attached hydrogens (tertiary/aromatic N) is 1. The summed E-state index contributed by atoms with van der Waals surface area (Å²) in [5, 5.41) is 3.47. The minimum Gasteiger partial charge on any atom is -0.371 e. The molecule has 1 unspecified atom stereocenters. The summed E-state index contributed by atoms with van der Waals surface area (Å²) < 4.78 is 0. The van der Waals surface area contributed by atoms with Crippen molar-refractivity contribution in [2.45, 2.75) is 32.7 Å². The number of anilines is 1. The van der Waals surface area contributed by atoms with Crippen molar-refractivity contribution in [3.8, 4) is 0 Å². The number of carbonyl (C=O) groups excluding carboxylic acids is 1. The summed E-state index contributed by atoms with van der Waals surface area (Å²) in [6, 6.07) is 8.86. The average molecular weight is 275 g/mol. The quantitative estimate of drug-likeness (QED) is 0.865. The summed E-state index contributed by atoms with van der Waals surface area (Å²) in [7, 11) is 0. The zero-order valence-electron chi connectivity index (χ0n) is 12.4. The monoisotopic (exact) mass is 275 g/mol. The van der Waals surface area contributed by atoms with Gasteiger partial charge in [0, 0.05) is 30.7 Å². The van der Waals surface area contributed by atoms with Gasteiger partial charge in [-0.1, -0.05) is 25.1 Å². The highest BCUT2D eigenvalue weighted by atomic mass is 16.1. The van der Waals surface area contributed by atoms with E-state index >= 15 is 0 Å². The fourth-order valence-corrected chi connectivity index (χ4v) is 2.96. The molecule has 1 aromatic carbocycles. The molecular formula is C16H25N3O. The van der Waals surface area contributed by atoms with Crippen molar-refractivity contribution in [2.75, 3.05) is 24.5 Å². The smallest absolute Gasteiger partial charge is 0.220 e. The van der Waals surface area contributed by atoms with Crippen molar-refractivity contribution in [2.24, 2.45) is 11.7 Å². The van der Waals surface area contributed by atoms with Crippen LogP contribution in [-0.2, 0) is 4.79 Å². The van der Waals surface area contributed by atoms with Gasteiger partial charge in [-0.25, -0.2) is 0 Å². The highest BCUT2D eigenvalue weighted by Gasteiger charge is 2.24. The largest absolute Gasteiger partial charge is 0.371 e. The van der Waals surface area contributed by atoms with Gasteiger partial charge in [0.15, 0.2) is 0 Å². The normalized spacial score (nSPS) is 18.0. The first-order valence-electron chi connectivity index (χ1n) is 7.50. The van der Waals surface area contributed by atoms with E-state index in [0.717, 1.165) is 32.5 Å². The van der Waals surface area contributed by atoms with Gasteiger partial charge in [-0.15, -0.1) is 0 Å². The number of piperidine rings is 1. The molecular weight excluding hydrogens is 250 g/mol. The SMILES string of the molecule is CCNC(C)c1ccccc1N1CCC(C(N)=O)CC1. The fraction of sp³-hybridized carbons (Fsp3) is 0.562. The molecule has 4 nitrogen and oxygen atoms in total. The molecule has 2 rings (SSSR count). The highest BCUT2D eigenvalue weighted by Crippen LogP contribution is 2.29. The van der Waals surface area contributed by atoms with Crippen molar-refractivity contribution in [1.82, 2.24) is 5.32 Å². The Morgan fingerprint density at radius 1 is 1.40 bits per heavy atom. The van der Waals surface area contributed by atoms with E-state index in [9.17, 15) is 4.79 Å². The van der Waals surface area contributed by atoms with Crippen LogP contribution in [0.15, 0.2) is 24.3 Å². The fourth-order valence-electron chi connectivity index (χ4n) is 2.96. The van der Waals surface area contributed by atoms with Gasteiger partial charge in [-0.2, -0.15) is 0 Å². The Labute approximate surface area is 121 Å². The second-order valence-corrected chi connectivity index (χ2v) is 5.50. The first kappa shape index (κ1) is 14.9. The Morgan fingerprint density at radius 2 is 2.05 bits per heavy atom. The van der Waals surface area contributed by atoms with Crippen molar-refractivity contribution in [3.63, 3.8) is 0 Å². The minimum atomic E-state index is -0.154.